The predicted octanol–water partition coefficient (Wildman–Crippen LogP) is 4.58. The molecule has 2 aromatic carbocycles. The third-order valence-corrected chi connectivity index (χ3v) is 4.49. The molecule has 0 fully saturated rings. The van der Waals surface area contributed by atoms with Gasteiger partial charge in [0.25, 0.3) is 0 Å². The van der Waals surface area contributed by atoms with E-state index >= 15 is 0 Å². The van der Waals surface area contributed by atoms with E-state index in [-0.39, 0.29) is 11.9 Å². The fraction of sp³-hybridized carbons (Fsp3) is 0.143. The second-order valence-electron chi connectivity index (χ2n) is 6.29. The molecule has 0 spiro atoms. The number of amides is 1. The van der Waals surface area contributed by atoms with Gasteiger partial charge in [-0.05, 0) is 36.2 Å². The summed E-state index contributed by atoms with van der Waals surface area (Å²) in [6, 6.07) is 18.6. The summed E-state index contributed by atoms with van der Waals surface area (Å²) in [5, 5.41) is 5.19. The van der Waals surface area contributed by atoms with E-state index in [0.717, 1.165) is 27.5 Å². The van der Waals surface area contributed by atoms with Gasteiger partial charge in [-0.25, -0.2) is 0 Å². The highest BCUT2D eigenvalue weighted by Gasteiger charge is 2.15. The van der Waals surface area contributed by atoms with Gasteiger partial charge in [-0.15, -0.1) is 0 Å². The number of hydrogen-bond acceptors (Lipinski definition) is 2. The lowest BCUT2D eigenvalue weighted by molar-refractivity contribution is -0.119. The Balaban J connectivity index is 1.89. The van der Waals surface area contributed by atoms with Crippen molar-refractivity contribution in [3.63, 3.8) is 0 Å². The van der Waals surface area contributed by atoms with Gasteiger partial charge >= 0.3 is 0 Å². The molecule has 124 valence electrons. The molecule has 4 rings (SSSR count). The monoisotopic (exact) mass is 329 g/mol. The summed E-state index contributed by atoms with van der Waals surface area (Å²) in [7, 11) is 0. The summed E-state index contributed by atoms with van der Waals surface area (Å²) in [6.45, 7) is 3.47. The van der Waals surface area contributed by atoms with Gasteiger partial charge in [0.1, 0.15) is 0 Å². The lowest BCUT2D eigenvalue weighted by Crippen LogP contribution is -2.24. The van der Waals surface area contributed by atoms with Gasteiger partial charge in [-0.1, -0.05) is 36.4 Å². The van der Waals surface area contributed by atoms with E-state index in [4.69, 9.17) is 0 Å². The molecule has 4 heteroatoms. The van der Waals surface area contributed by atoms with Crippen LogP contribution >= 0.6 is 0 Å². The molecule has 0 aliphatic rings. The van der Waals surface area contributed by atoms with E-state index in [1.165, 1.54) is 18.1 Å². The first kappa shape index (κ1) is 15.4. The van der Waals surface area contributed by atoms with E-state index < -0.39 is 0 Å². The van der Waals surface area contributed by atoms with Gasteiger partial charge in [0, 0.05) is 29.4 Å². The van der Waals surface area contributed by atoms with Crippen molar-refractivity contribution >= 4 is 27.7 Å². The van der Waals surface area contributed by atoms with Crippen LogP contribution in [0.3, 0.4) is 0 Å². The zero-order chi connectivity index (χ0) is 17.4. The minimum Gasteiger partial charge on any atom is -0.353 e. The van der Waals surface area contributed by atoms with Crippen molar-refractivity contribution in [3.8, 4) is 11.1 Å². The number of hydrogen-bond donors (Lipinski definition) is 2. The van der Waals surface area contributed by atoms with Crippen molar-refractivity contribution < 1.29 is 4.79 Å². The van der Waals surface area contributed by atoms with E-state index in [0.29, 0.717) is 0 Å². The summed E-state index contributed by atoms with van der Waals surface area (Å²) in [5.41, 5.74) is 5.27. The van der Waals surface area contributed by atoms with Gasteiger partial charge in [0.05, 0.1) is 17.3 Å². The standard InChI is InChI=1S/C21H19N3O/c1-13(23-14(2)25)20-21-17(10-11-22-20)18-12-16(8-9-19(18)24-21)15-6-4-3-5-7-15/h3-13,24H,1-2H3,(H,23,25). The van der Waals surface area contributed by atoms with Crippen molar-refractivity contribution in [3.05, 3.63) is 66.5 Å². The van der Waals surface area contributed by atoms with Crippen LogP contribution in [0.5, 0.6) is 0 Å². The molecule has 0 saturated heterocycles. The van der Waals surface area contributed by atoms with Gasteiger partial charge in [0.2, 0.25) is 5.91 Å². The molecule has 0 saturated carbocycles. The average molecular weight is 329 g/mol. The van der Waals surface area contributed by atoms with Crippen LogP contribution in [-0.2, 0) is 4.79 Å². The SMILES string of the molecule is CC(=O)NC(C)c1nccc2c1[nH]c1ccc(-c3ccccc3)cc12. The number of fused-ring (bicyclic) bond motifs is 3. The molecule has 0 radical (unpaired) electrons. The van der Waals surface area contributed by atoms with Gasteiger partial charge in [-0.2, -0.15) is 0 Å². The zero-order valence-corrected chi connectivity index (χ0v) is 14.2. The van der Waals surface area contributed by atoms with Crippen LogP contribution in [0.4, 0.5) is 0 Å². The Kier molecular flexibility index (Phi) is 3.73. The maximum absolute atomic E-state index is 11.4. The second-order valence-corrected chi connectivity index (χ2v) is 6.29. The van der Waals surface area contributed by atoms with Crippen LogP contribution in [0.2, 0.25) is 0 Å². The molecular weight excluding hydrogens is 310 g/mol. The Bertz CT molecular complexity index is 1070. The molecule has 2 N–H and O–H groups in total. The van der Waals surface area contributed by atoms with Crippen molar-refractivity contribution in [2.45, 2.75) is 19.9 Å². The fourth-order valence-electron chi connectivity index (χ4n) is 3.36. The van der Waals surface area contributed by atoms with Gasteiger partial charge < -0.3 is 10.3 Å². The molecule has 2 aromatic heterocycles. The number of H-pyrrole nitrogens is 1. The number of nitrogens with zero attached hydrogens (tertiary/aromatic N) is 1. The van der Waals surface area contributed by atoms with Crippen LogP contribution in [0.1, 0.15) is 25.6 Å². The minimum atomic E-state index is -0.150. The Morgan fingerprint density at radius 2 is 1.84 bits per heavy atom. The van der Waals surface area contributed by atoms with E-state index in [1.54, 1.807) is 6.20 Å². The molecule has 25 heavy (non-hydrogen) atoms. The second kappa shape index (κ2) is 6.06. The third-order valence-electron chi connectivity index (χ3n) is 4.49. The predicted molar refractivity (Wildman–Crippen MR) is 101 cm³/mol. The number of benzene rings is 2. The molecular formula is C21H19N3O. The van der Waals surface area contributed by atoms with Crippen molar-refractivity contribution in [2.24, 2.45) is 0 Å². The maximum atomic E-state index is 11.4. The Morgan fingerprint density at radius 3 is 2.60 bits per heavy atom. The van der Waals surface area contributed by atoms with Crippen molar-refractivity contribution in [2.75, 3.05) is 0 Å². The Morgan fingerprint density at radius 1 is 1.04 bits per heavy atom. The van der Waals surface area contributed by atoms with Crippen LogP contribution in [0.15, 0.2) is 60.8 Å². The van der Waals surface area contributed by atoms with Crippen LogP contribution in [0, 0.1) is 0 Å². The number of carbonyl (C=O) groups is 1. The number of carbonyl (C=O) groups excluding carboxylic acids is 1. The molecule has 4 aromatic rings. The number of aromatic amines is 1. The molecule has 2 heterocycles. The highest BCUT2D eigenvalue weighted by atomic mass is 16.1. The first-order valence-corrected chi connectivity index (χ1v) is 8.36. The molecule has 0 bridgehead atoms. The molecule has 4 nitrogen and oxygen atoms in total. The number of nitrogens with one attached hydrogen (secondary N) is 2. The van der Waals surface area contributed by atoms with Crippen LogP contribution < -0.4 is 5.32 Å². The highest BCUT2D eigenvalue weighted by Crippen LogP contribution is 2.32. The van der Waals surface area contributed by atoms with Gasteiger partial charge in [-0.3, -0.25) is 9.78 Å². The van der Waals surface area contributed by atoms with E-state index in [1.807, 2.05) is 31.2 Å². The number of rotatable bonds is 3. The lowest BCUT2D eigenvalue weighted by Gasteiger charge is -2.12. The molecule has 1 atom stereocenters. The summed E-state index contributed by atoms with van der Waals surface area (Å²) < 4.78 is 0. The molecule has 0 aliphatic carbocycles. The smallest absolute Gasteiger partial charge is 0.217 e. The Hall–Kier alpha value is -3.14. The molecule has 0 aliphatic heterocycles. The topological polar surface area (TPSA) is 57.8 Å². The lowest BCUT2D eigenvalue weighted by atomic mass is 10.0. The fourth-order valence-corrected chi connectivity index (χ4v) is 3.36. The largest absolute Gasteiger partial charge is 0.353 e. The molecule has 1 unspecified atom stereocenters. The Labute approximate surface area is 145 Å². The normalized spacial score (nSPS) is 12.4. The van der Waals surface area contributed by atoms with E-state index in [2.05, 4.69) is 45.6 Å². The quantitative estimate of drug-likeness (QED) is 0.578. The van der Waals surface area contributed by atoms with Crippen LogP contribution in [-0.4, -0.2) is 15.9 Å². The average Bonchev–Trinajstić information content (AvgIpc) is 2.99. The zero-order valence-electron chi connectivity index (χ0n) is 14.2. The highest BCUT2D eigenvalue weighted by molar-refractivity contribution is 6.09. The minimum absolute atomic E-state index is 0.0613. The van der Waals surface area contributed by atoms with Crippen molar-refractivity contribution in [1.82, 2.24) is 15.3 Å². The third kappa shape index (κ3) is 2.76. The number of aromatic nitrogens is 2. The maximum Gasteiger partial charge on any atom is 0.217 e. The first-order chi connectivity index (χ1) is 12.1. The summed E-state index contributed by atoms with van der Waals surface area (Å²) in [6.07, 6.45) is 1.80. The summed E-state index contributed by atoms with van der Waals surface area (Å²) in [4.78, 5) is 19.3. The van der Waals surface area contributed by atoms with Crippen molar-refractivity contribution in [1.29, 1.82) is 0 Å². The number of pyridine rings is 1. The summed E-state index contributed by atoms with van der Waals surface area (Å²) >= 11 is 0. The van der Waals surface area contributed by atoms with Crippen LogP contribution in [0.25, 0.3) is 32.9 Å². The first-order valence-electron chi connectivity index (χ1n) is 8.36. The molecule has 1 amide bonds. The van der Waals surface area contributed by atoms with Gasteiger partial charge in [0.15, 0.2) is 0 Å². The summed E-state index contributed by atoms with van der Waals surface area (Å²) in [5.74, 6) is -0.0613. The van der Waals surface area contributed by atoms with E-state index in [9.17, 15) is 4.79 Å².